The second-order valence-electron chi connectivity index (χ2n) is 5.32. The first-order valence-corrected chi connectivity index (χ1v) is 7.93. The monoisotopic (exact) mass is 351 g/mol. The van der Waals surface area contributed by atoms with E-state index in [1.165, 1.54) is 6.20 Å². The number of nitrogens with zero attached hydrogens (tertiary/aromatic N) is 2. The maximum atomic E-state index is 12.4. The zero-order chi connectivity index (χ0) is 17.6. The van der Waals surface area contributed by atoms with Gasteiger partial charge in [-0.2, -0.15) is 0 Å². The number of amides is 1. The molecular weight excluding hydrogens is 338 g/mol. The molecular formula is C19H14ClN3O2. The molecule has 5 nitrogen and oxygen atoms in total. The van der Waals surface area contributed by atoms with Gasteiger partial charge in [0.15, 0.2) is 0 Å². The lowest BCUT2D eigenvalue weighted by Crippen LogP contribution is -2.35. The number of halogens is 1. The molecule has 1 amide bonds. The maximum absolute atomic E-state index is 12.4. The van der Waals surface area contributed by atoms with Crippen LogP contribution in [0.25, 0.3) is 0 Å². The van der Waals surface area contributed by atoms with Crippen LogP contribution in [0.1, 0.15) is 27.5 Å². The molecule has 3 aromatic rings. The highest BCUT2D eigenvalue weighted by molar-refractivity contribution is 6.42. The minimum atomic E-state index is -0.711. The van der Waals surface area contributed by atoms with Crippen molar-refractivity contribution in [2.24, 2.45) is 0 Å². The van der Waals surface area contributed by atoms with E-state index in [-0.39, 0.29) is 5.56 Å². The number of hydrogen-bond donors (Lipinski definition) is 1. The Morgan fingerprint density at radius 2 is 1.56 bits per heavy atom. The molecule has 2 heterocycles. The third-order valence-electron chi connectivity index (χ3n) is 3.63. The van der Waals surface area contributed by atoms with E-state index in [2.05, 4.69) is 15.3 Å². The van der Waals surface area contributed by atoms with Crippen LogP contribution in [0.15, 0.2) is 73.3 Å². The molecule has 3 rings (SSSR count). The molecule has 6 heteroatoms. The Balaban J connectivity index is 1.89. The van der Waals surface area contributed by atoms with Gasteiger partial charge in [-0.05, 0) is 41.5 Å². The van der Waals surface area contributed by atoms with Gasteiger partial charge < -0.3 is 5.32 Å². The first-order chi connectivity index (χ1) is 12.1. The molecule has 25 heavy (non-hydrogen) atoms. The predicted molar refractivity (Wildman–Crippen MR) is 94.2 cm³/mol. The minimum Gasteiger partial charge on any atom is -0.338 e. The summed E-state index contributed by atoms with van der Waals surface area (Å²) in [6.45, 7) is 0. The van der Waals surface area contributed by atoms with Gasteiger partial charge in [0.2, 0.25) is 0 Å². The highest BCUT2D eigenvalue weighted by Crippen LogP contribution is 2.23. The molecule has 124 valence electrons. The second kappa shape index (κ2) is 7.68. The number of hydrogen-bond acceptors (Lipinski definition) is 4. The molecule has 0 saturated carbocycles. The summed E-state index contributed by atoms with van der Waals surface area (Å²) in [6.07, 6.45) is 6.20. The summed E-state index contributed by atoms with van der Waals surface area (Å²) in [5.74, 6) is -1.35. The minimum absolute atomic E-state index is 0.237. The van der Waals surface area contributed by atoms with Gasteiger partial charge in [0.1, 0.15) is 0 Å². The Hall–Kier alpha value is -3.05. The zero-order valence-electron chi connectivity index (χ0n) is 13.1. The topological polar surface area (TPSA) is 72.0 Å². The summed E-state index contributed by atoms with van der Waals surface area (Å²) in [4.78, 5) is 32.7. The van der Waals surface area contributed by atoms with Gasteiger partial charge >= 0.3 is 0 Å². The van der Waals surface area contributed by atoms with E-state index in [0.29, 0.717) is 5.02 Å². The fraction of sp³-hybridized carbons (Fsp3) is 0.0526. The van der Waals surface area contributed by atoms with E-state index in [0.717, 1.165) is 11.1 Å². The molecule has 0 aliphatic heterocycles. The molecule has 1 aromatic carbocycles. The van der Waals surface area contributed by atoms with Crippen molar-refractivity contribution >= 4 is 23.3 Å². The van der Waals surface area contributed by atoms with Crippen molar-refractivity contribution in [3.63, 3.8) is 0 Å². The van der Waals surface area contributed by atoms with Crippen molar-refractivity contribution in [2.75, 3.05) is 0 Å². The molecule has 0 radical (unpaired) electrons. The smallest absolute Gasteiger partial charge is 0.293 e. The molecule has 2 aromatic heterocycles. The van der Waals surface area contributed by atoms with Crippen molar-refractivity contribution in [3.8, 4) is 0 Å². The SMILES string of the molecule is O=C(N[C@@H](c1ccc(Cl)cc1)c1cccnc1)C(=O)c1cccnc1. The van der Waals surface area contributed by atoms with E-state index in [1.54, 1.807) is 61.1 Å². The fourth-order valence-electron chi connectivity index (χ4n) is 2.39. The summed E-state index contributed by atoms with van der Waals surface area (Å²) < 4.78 is 0. The highest BCUT2D eigenvalue weighted by Gasteiger charge is 2.22. The maximum Gasteiger partial charge on any atom is 0.293 e. The first kappa shape index (κ1) is 16.8. The predicted octanol–water partition coefficient (Wildman–Crippen LogP) is 3.22. The van der Waals surface area contributed by atoms with Crippen LogP contribution in [0.4, 0.5) is 0 Å². The lowest BCUT2D eigenvalue weighted by molar-refractivity contribution is -0.117. The van der Waals surface area contributed by atoms with E-state index < -0.39 is 17.7 Å². The van der Waals surface area contributed by atoms with Crippen LogP contribution in [0, 0.1) is 0 Å². The number of benzene rings is 1. The molecule has 1 atom stereocenters. The molecule has 0 unspecified atom stereocenters. The summed E-state index contributed by atoms with van der Waals surface area (Å²) in [5, 5.41) is 3.36. The largest absolute Gasteiger partial charge is 0.338 e. The second-order valence-corrected chi connectivity index (χ2v) is 5.75. The number of aromatic nitrogens is 2. The number of carbonyl (C=O) groups excluding carboxylic acids is 2. The normalized spacial score (nSPS) is 11.6. The first-order valence-electron chi connectivity index (χ1n) is 7.56. The van der Waals surface area contributed by atoms with Gasteiger partial charge in [-0.25, -0.2) is 0 Å². The van der Waals surface area contributed by atoms with E-state index in [4.69, 9.17) is 11.6 Å². The van der Waals surface area contributed by atoms with Crippen LogP contribution in [-0.2, 0) is 4.79 Å². The van der Waals surface area contributed by atoms with Crippen LogP contribution in [0.2, 0.25) is 5.02 Å². The molecule has 0 fully saturated rings. The van der Waals surface area contributed by atoms with Gasteiger partial charge in [-0.3, -0.25) is 19.6 Å². The van der Waals surface area contributed by atoms with Crippen LogP contribution < -0.4 is 5.32 Å². The van der Waals surface area contributed by atoms with Crippen molar-refractivity contribution in [1.82, 2.24) is 15.3 Å². The average molecular weight is 352 g/mol. The molecule has 0 spiro atoms. The molecule has 1 N–H and O–H groups in total. The summed E-state index contributed by atoms with van der Waals surface area (Å²) in [5.41, 5.74) is 1.79. The number of rotatable bonds is 5. The lowest BCUT2D eigenvalue weighted by atomic mass is 9.99. The highest BCUT2D eigenvalue weighted by atomic mass is 35.5. The van der Waals surface area contributed by atoms with E-state index in [9.17, 15) is 9.59 Å². The van der Waals surface area contributed by atoms with Crippen LogP contribution >= 0.6 is 11.6 Å². The Labute approximate surface area is 149 Å². The van der Waals surface area contributed by atoms with E-state index in [1.807, 2.05) is 6.07 Å². The van der Waals surface area contributed by atoms with Gasteiger partial charge in [-0.1, -0.05) is 29.8 Å². The van der Waals surface area contributed by atoms with E-state index >= 15 is 0 Å². The quantitative estimate of drug-likeness (QED) is 0.566. The standard InChI is InChI=1S/C19H14ClN3O2/c20-16-7-5-13(6-8-16)17(14-3-1-9-21-11-14)23-19(25)18(24)15-4-2-10-22-12-15/h1-12,17H,(H,23,25)/t17-/m0/s1. The Morgan fingerprint density at radius 1 is 0.880 bits per heavy atom. The third kappa shape index (κ3) is 4.08. The number of pyridine rings is 2. The van der Waals surface area contributed by atoms with Crippen molar-refractivity contribution in [2.45, 2.75) is 6.04 Å². The van der Waals surface area contributed by atoms with Crippen LogP contribution in [-0.4, -0.2) is 21.7 Å². The van der Waals surface area contributed by atoms with Crippen LogP contribution in [0.5, 0.6) is 0 Å². The van der Waals surface area contributed by atoms with Crippen molar-refractivity contribution in [3.05, 3.63) is 95.0 Å². The van der Waals surface area contributed by atoms with Gasteiger partial charge in [0.25, 0.3) is 11.7 Å². The number of nitrogens with one attached hydrogen (secondary N) is 1. The van der Waals surface area contributed by atoms with Gasteiger partial charge in [0.05, 0.1) is 6.04 Å². The van der Waals surface area contributed by atoms with Crippen molar-refractivity contribution < 1.29 is 9.59 Å². The lowest BCUT2D eigenvalue weighted by Gasteiger charge is -2.19. The fourth-order valence-corrected chi connectivity index (χ4v) is 2.51. The number of ketones is 1. The summed E-state index contributed by atoms with van der Waals surface area (Å²) >= 11 is 5.94. The number of carbonyl (C=O) groups is 2. The molecule has 0 bridgehead atoms. The van der Waals surface area contributed by atoms with Gasteiger partial charge in [0, 0.05) is 35.4 Å². The summed E-state index contributed by atoms with van der Waals surface area (Å²) in [6, 6.07) is 13.3. The molecule has 0 saturated heterocycles. The van der Waals surface area contributed by atoms with Gasteiger partial charge in [-0.15, -0.1) is 0 Å². The average Bonchev–Trinajstić information content (AvgIpc) is 2.67. The summed E-state index contributed by atoms with van der Waals surface area (Å²) in [7, 11) is 0. The zero-order valence-corrected chi connectivity index (χ0v) is 13.9. The molecule has 0 aliphatic rings. The third-order valence-corrected chi connectivity index (χ3v) is 3.88. The number of Topliss-reactive ketones (excluding diaryl/α,β-unsaturated/α-hetero) is 1. The Bertz CT molecular complexity index is 868. The Morgan fingerprint density at radius 3 is 2.16 bits per heavy atom. The molecule has 0 aliphatic carbocycles. The van der Waals surface area contributed by atoms with Crippen LogP contribution in [0.3, 0.4) is 0 Å². The van der Waals surface area contributed by atoms with Crippen molar-refractivity contribution in [1.29, 1.82) is 0 Å². The Kier molecular flexibility index (Phi) is 5.16.